The molecule has 2 amide bonds. The lowest BCUT2D eigenvalue weighted by molar-refractivity contribution is 0.186. The second-order valence-corrected chi connectivity index (χ2v) is 5.28. The predicted octanol–water partition coefficient (Wildman–Crippen LogP) is 4.14. The molecule has 0 heterocycles. The lowest BCUT2D eigenvalue weighted by Crippen LogP contribution is -2.40. The average molecular weight is 267 g/mol. The first-order valence-corrected chi connectivity index (χ1v) is 6.84. The van der Waals surface area contributed by atoms with Crippen LogP contribution in [-0.4, -0.2) is 24.0 Å². The third kappa shape index (κ3) is 3.39. The van der Waals surface area contributed by atoms with E-state index in [1.165, 1.54) is 19.3 Å². The second-order valence-electron chi connectivity index (χ2n) is 4.84. The van der Waals surface area contributed by atoms with Gasteiger partial charge in [0.25, 0.3) is 0 Å². The number of urea groups is 1. The summed E-state index contributed by atoms with van der Waals surface area (Å²) in [5.41, 5.74) is 0.784. The summed E-state index contributed by atoms with van der Waals surface area (Å²) in [5, 5.41) is 3.57. The van der Waals surface area contributed by atoms with Crippen molar-refractivity contribution >= 4 is 23.3 Å². The molecule has 0 aromatic heterocycles. The zero-order chi connectivity index (χ0) is 13.0. The Morgan fingerprint density at radius 1 is 1.22 bits per heavy atom. The largest absolute Gasteiger partial charge is 0.325 e. The van der Waals surface area contributed by atoms with Crippen molar-refractivity contribution in [1.82, 2.24) is 4.90 Å². The number of carbonyl (C=O) groups is 1. The number of benzene rings is 1. The first-order valence-electron chi connectivity index (χ1n) is 6.46. The van der Waals surface area contributed by atoms with Gasteiger partial charge in [0.2, 0.25) is 0 Å². The first-order chi connectivity index (χ1) is 8.66. The predicted molar refractivity (Wildman–Crippen MR) is 75.1 cm³/mol. The molecule has 0 spiro atoms. The molecule has 0 saturated heterocycles. The molecule has 1 fully saturated rings. The molecule has 1 N–H and O–H groups in total. The van der Waals surface area contributed by atoms with Crippen LogP contribution in [0.5, 0.6) is 0 Å². The van der Waals surface area contributed by atoms with E-state index in [1.807, 2.05) is 24.1 Å². The van der Waals surface area contributed by atoms with Crippen molar-refractivity contribution in [2.24, 2.45) is 0 Å². The van der Waals surface area contributed by atoms with Crippen LogP contribution >= 0.6 is 11.6 Å². The Morgan fingerprint density at radius 3 is 2.44 bits per heavy atom. The molecular formula is C14H19ClN2O. The van der Waals surface area contributed by atoms with E-state index < -0.39 is 0 Å². The molecule has 0 radical (unpaired) electrons. The van der Waals surface area contributed by atoms with Crippen LogP contribution in [-0.2, 0) is 0 Å². The van der Waals surface area contributed by atoms with Gasteiger partial charge in [0, 0.05) is 23.8 Å². The molecule has 1 saturated carbocycles. The molecule has 1 aliphatic carbocycles. The number of carbonyl (C=O) groups excluding carboxylic acids is 1. The maximum absolute atomic E-state index is 12.1. The van der Waals surface area contributed by atoms with Crippen LogP contribution in [0.2, 0.25) is 5.02 Å². The van der Waals surface area contributed by atoms with Gasteiger partial charge in [-0.2, -0.15) is 0 Å². The van der Waals surface area contributed by atoms with Crippen molar-refractivity contribution in [1.29, 1.82) is 0 Å². The Morgan fingerprint density at radius 2 is 1.83 bits per heavy atom. The zero-order valence-electron chi connectivity index (χ0n) is 10.7. The topological polar surface area (TPSA) is 32.3 Å². The summed E-state index contributed by atoms with van der Waals surface area (Å²) < 4.78 is 0. The van der Waals surface area contributed by atoms with Crippen molar-refractivity contribution in [3.05, 3.63) is 29.3 Å². The standard InChI is InChI=1S/C14H19ClN2O/c1-17(13-5-3-2-4-6-13)14(18)16-12-9-7-11(15)8-10-12/h7-10,13H,2-6H2,1H3,(H,16,18). The molecule has 4 heteroatoms. The Labute approximate surface area is 113 Å². The Kier molecular flexibility index (Phi) is 4.48. The summed E-state index contributed by atoms with van der Waals surface area (Å²) in [7, 11) is 1.88. The van der Waals surface area contributed by atoms with E-state index in [2.05, 4.69) is 5.32 Å². The molecule has 0 aliphatic heterocycles. The van der Waals surface area contributed by atoms with E-state index in [1.54, 1.807) is 12.1 Å². The van der Waals surface area contributed by atoms with Crippen LogP contribution < -0.4 is 5.32 Å². The smallest absolute Gasteiger partial charge is 0.321 e. The van der Waals surface area contributed by atoms with E-state index in [-0.39, 0.29) is 6.03 Å². The molecule has 1 aliphatic rings. The highest BCUT2D eigenvalue weighted by molar-refractivity contribution is 6.30. The van der Waals surface area contributed by atoms with Gasteiger partial charge in [0.05, 0.1) is 0 Å². The number of amides is 2. The summed E-state index contributed by atoms with van der Waals surface area (Å²) in [6.07, 6.45) is 5.98. The minimum absolute atomic E-state index is 0.0378. The van der Waals surface area contributed by atoms with Crippen LogP contribution in [0.3, 0.4) is 0 Å². The second kappa shape index (κ2) is 6.10. The summed E-state index contributed by atoms with van der Waals surface area (Å²) >= 11 is 5.81. The minimum Gasteiger partial charge on any atom is -0.325 e. The highest BCUT2D eigenvalue weighted by atomic mass is 35.5. The lowest BCUT2D eigenvalue weighted by atomic mass is 9.95. The fraction of sp³-hybridized carbons (Fsp3) is 0.500. The monoisotopic (exact) mass is 266 g/mol. The number of halogens is 1. The maximum Gasteiger partial charge on any atom is 0.321 e. The normalized spacial score (nSPS) is 16.3. The summed E-state index contributed by atoms with van der Waals surface area (Å²) in [6, 6.07) is 7.52. The molecule has 98 valence electrons. The van der Waals surface area contributed by atoms with Crippen molar-refractivity contribution < 1.29 is 4.79 Å². The van der Waals surface area contributed by atoms with Gasteiger partial charge in [0.15, 0.2) is 0 Å². The fourth-order valence-corrected chi connectivity index (χ4v) is 2.51. The van der Waals surface area contributed by atoms with E-state index >= 15 is 0 Å². The SMILES string of the molecule is CN(C(=O)Nc1ccc(Cl)cc1)C1CCCCC1. The van der Waals surface area contributed by atoms with Gasteiger partial charge in [-0.05, 0) is 37.1 Å². The van der Waals surface area contributed by atoms with Gasteiger partial charge in [-0.3, -0.25) is 0 Å². The zero-order valence-corrected chi connectivity index (χ0v) is 11.4. The van der Waals surface area contributed by atoms with Gasteiger partial charge in [-0.25, -0.2) is 4.79 Å². The first kappa shape index (κ1) is 13.2. The number of hydrogen-bond acceptors (Lipinski definition) is 1. The van der Waals surface area contributed by atoms with E-state index in [0.29, 0.717) is 11.1 Å². The number of anilines is 1. The van der Waals surface area contributed by atoms with Crippen molar-refractivity contribution in [2.75, 3.05) is 12.4 Å². The van der Waals surface area contributed by atoms with Crippen LogP contribution in [0.25, 0.3) is 0 Å². The Bertz CT molecular complexity index is 399. The van der Waals surface area contributed by atoms with E-state index in [4.69, 9.17) is 11.6 Å². The quantitative estimate of drug-likeness (QED) is 0.857. The molecule has 1 aromatic carbocycles. The van der Waals surface area contributed by atoms with Gasteiger partial charge in [0.1, 0.15) is 0 Å². The molecule has 0 unspecified atom stereocenters. The average Bonchev–Trinajstić information content (AvgIpc) is 2.41. The Hall–Kier alpha value is -1.22. The molecular weight excluding hydrogens is 248 g/mol. The van der Waals surface area contributed by atoms with Crippen molar-refractivity contribution in [2.45, 2.75) is 38.1 Å². The highest BCUT2D eigenvalue weighted by Gasteiger charge is 2.21. The van der Waals surface area contributed by atoms with Gasteiger partial charge < -0.3 is 10.2 Å². The molecule has 18 heavy (non-hydrogen) atoms. The van der Waals surface area contributed by atoms with Gasteiger partial charge in [-0.1, -0.05) is 30.9 Å². The molecule has 2 rings (SSSR count). The molecule has 0 atom stereocenters. The lowest BCUT2D eigenvalue weighted by Gasteiger charge is -2.31. The van der Waals surface area contributed by atoms with Crippen LogP contribution in [0.1, 0.15) is 32.1 Å². The molecule has 1 aromatic rings. The molecule has 3 nitrogen and oxygen atoms in total. The summed E-state index contributed by atoms with van der Waals surface area (Å²) in [5.74, 6) is 0. The number of rotatable bonds is 2. The van der Waals surface area contributed by atoms with Crippen LogP contribution in [0.4, 0.5) is 10.5 Å². The van der Waals surface area contributed by atoms with Crippen molar-refractivity contribution in [3.63, 3.8) is 0 Å². The number of hydrogen-bond donors (Lipinski definition) is 1. The molecule has 0 bridgehead atoms. The van der Waals surface area contributed by atoms with Gasteiger partial charge >= 0.3 is 6.03 Å². The Balaban J connectivity index is 1.92. The minimum atomic E-state index is -0.0378. The van der Waals surface area contributed by atoms with Crippen LogP contribution in [0, 0.1) is 0 Å². The highest BCUT2D eigenvalue weighted by Crippen LogP contribution is 2.22. The van der Waals surface area contributed by atoms with E-state index in [9.17, 15) is 4.79 Å². The maximum atomic E-state index is 12.1. The summed E-state index contributed by atoms with van der Waals surface area (Å²) in [4.78, 5) is 13.9. The van der Waals surface area contributed by atoms with E-state index in [0.717, 1.165) is 18.5 Å². The summed E-state index contributed by atoms with van der Waals surface area (Å²) in [6.45, 7) is 0. The fourth-order valence-electron chi connectivity index (χ4n) is 2.38. The number of nitrogens with zero attached hydrogens (tertiary/aromatic N) is 1. The van der Waals surface area contributed by atoms with Gasteiger partial charge in [-0.15, -0.1) is 0 Å². The third-order valence-corrected chi connectivity index (χ3v) is 3.79. The third-order valence-electron chi connectivity index (χ3n) is 3.54. The van der Waals surface area contributed by atoms with Crippen molar-refractivity contribution in [3.8, 4) is 0 Å². The number of nitrogens with one attached hydrogen (secondary N) is 1. The van der Waals surface area contributed by atoms with Crippen LogP contribution in [0.15, 0.2) is 24.3 Å².